The van der Waals surface area contributed by atoms with Crippen LogP contribution in [0, 0.1) is 0 Å². The minimum atomic E-state index is -2.49. The lowest BCUT2D eigenvalue weighted by molar-refractivity contribution is -0.132. The maximum atomic E-state index is 13.4. The lowest BCUT2D eigenvalue weighted by Gasteiger charge is -2.26. The Bertz CT molecular complexity index is 950. The molecule has 0 spiro atoms. The number of ether oxygens (including phenoxy) is 1. The summed E-state index contributed by atoms with van der Waals surface area (Å²) in [5.41, 5.74) is 0.482. The normalized spacial score (nSPS) is 10.9. The van der Waals surface area contributed by atoms with E-state index in [1.54, 1.807) is 24.3 Å². The van der Waals surface area contributed by atoms with Crippen molar-refractivity contribution in [1.29, 1.82) is 0 Å². The Balaban J connectivity index is 2.41. The van der Waals surface area contributed by atoms with Gasteiger partial charge in [-0.1, -0.05) is 91.0 Å². The van der Waals surface area contributed by atoms with Crippen LogP contribution in [-0.2, 0) is 9.53 Å². The van der Waals surface area contributed by atoms with Crippen molar-refractivity contribution in [3.8, 4) is 0 Å². The second-order valence-corrected chi connectivity index (χ2v) is 9.71. The standard InChI is InChI=1S/C23H21O3P/c1-26-23(25)22(21(24)18-12-6-3-7-13-18)27(2,19-14-8-4-9-15-19)20-16-10-5-11-17-20/h3-17H,1-2H3. The van der Waals surface area contributed by atoms with Crippen LogP contribution in [0.25, 0.3) is 0 Å². The zero-order valence-corrected chi connectivity index (χ0v) is 16.2. The minimum Gasteiger partial charge on any atom is -0.465 e. The molecule has 0 amide bonds. The average Bonchev–Trinajstić information content (AvgIpc) is 2.75. The van der Waals surface area contributed by atoms with E-state index in [9.17, 15) is 9.59 Å². The summed E-state index contributed by atoms with van der Waals surface area (Å²) >= 11 is 0. The van der Waals surface area contributed by atoms with Crippen LogP contribution in [0.15, 0.2) is 91.0 Å². The molecule has 3 aromatic rings. The number of hydrogen-bond acceptors (Lipinski definition) is 3. The van der Waals surface area contributed by atoms with Crippen LogP contribution in [0.4, 0.5) is 0 Å². The van der Waals surface area contributed by atoms with Crippen LogP contribution in [0.1, 0.15) is 10.4 Å². The number of carbonyl (C=O) groups excluding carboxylic acids is 2. The molecule has 3 aromatic carbocycles. The Morgan fingerprint density at radius 1 is 0.704 bits per heavy atom. The predicted molar refractivity (Wildman–Crippen MR) is 113 cm³/mol. The summed E-state index contributed by atoms with van der Waals surface area (Å²) in [5.74, 6) is -0.863. The van der Waals surface area contributed by atoms with Gasteiger partial charge in [-0.05, 0) is 24.2 Å². The molecule has 3 nitrogen and oxygen atoms in total. The molecule has 0 unspecified atom stereocenters. The largest absolute Gasteiger partial charge is 0.465 e. The van der Waals surface area contributed by atoms with Gasteiger partial charge < -0.3 is 4.74 Å². The Labute approximate surface area is 159 Å². The Morgan fingerprint density at radius 3 is 1.52 bits per heavy atom. The van der Waals surface area contributed by atoms with Gasteiger partial charge in [0.25, 0.3) is 0 Å². The van der Waals surface area contributed by atoms with Crippen LogP contribution >= 0.6 is 6.89 Å². The van der Waals surface area contributed by atoms with Gasteiger partial charge in [-0.2, -0.15) is 0 Å². The first kappa shape index (κ1) is 18.9. The number of hydrogen-bond donors (Lipinski definition) is 0. The van der Waals surface area contributed by atoms with E-state index in [0.29, 0.717) is 5.56 Å². The fraction of sp³-hybridized carbons (Fsp3) is 0.0870. The Hall–Kier alpha value is -2.90. The van der Waals surface area contributed by atoms with Gasteiger partial charge in [0.05, 0.1) is 7.11 Å². The van der Waals surface area contributed by atoms with E-state index in [1.807, 2.05) is 73.4 Å². The van der Waals surface area contributed by atoms with Gasteiger partial charge in [0.15, 0.2) is 0 Å². The molecule has 0 aromatic heterocycles. The quantitative estimate of drug-likeness (QED) is 0.296. The third-order valence-electron chi connectivity index (χ3n) is 4.62. The van der Waals surface area contributed by atoms with Crippen molar-refractivity contribution in [1.82, 2.24) is 0 Å². The molecule has 0 aliphatic carbocycles. The highest BCUT2D eigenvalue weighted by Gasteiger charge is 2.33. The molecule has 0 atom stereocenters. The minimum absolute atomic E-state index is 0.202. The lowest BCUT2D eigenvalue weighted by Crippen LogP contribution is -2.33. The van der Waals surface area contributed by atoms with E-state index in [0.717, 1.165) is 10.6 Å². The lowest BCUT2D eigenvalue weighted by atomic mass is 10.1. The first-order chi connectivity index (χ1) is 13.1. The molecule has 0 saturated carbocycles. The highest BCUT2D eigenvalue weighted by Crippen LogP contribution is 2.44. The first-order valence-electron chi connectivity index (χ1n) is 8.62. The summed E-state index contributed by atoms with van der Waals surface area (Å²) in [6.07, 6.45) is 0. The zero-order valence-electron chi connectivity index (χ0n) is 15.3. The zero-order chi connectivity index (χ0) is 19.3. The third-order valence-corrected chi connectivity index (χ3v) is 8.56. The molecule has 0 fully saturated rings. The molecule has 0 heterocycles. The van der Waals surface area contributed by atoms with Gasteiger partial charge in [-0.25, -0.2) is 4.79 Å². The number of rotatable bonds is 5. The van der Waals surface area contributed by atoms with E-state index in [2.05, 4.69) is 0 Å². The van der Waals surface area contributed by atoms with Gasteiger partial charge in [-0.15, -0.1) is 0 Å². The fourth-order valence-corrected chi connectivity index (χ4v) is 6.50. The highest BCUT2D eigenvalue weighted by atomic mass is 31.2. The van der Waals surface area contributed by atoms with Crippen LogP contribution in [0.5, 0.6) is 0 Å². The van der Waals surface area contributed by atoms with Crippen molar-refractivity contribution >= 4 is 34.5 Å². The summed E-state index contributed by atoms with van der Waals surface area (Å²) in [5, 5.41) is 2.12. The van der Waals surface area contributed by atoms with Gasteiger partial charge in [0.2, 0.25) is 5.78 Å². The van der Waals surface area contributed by atoms with Gasteiger partial charge in [-0.3, -0.25) is 4.79 Å². The van der Waals surface area contributed by atoms with E-state index in [4.69, 9.17) is 4.74 Å². The van der Waals surface area contributed by atoms with Crippen molar-refractivity contribution in [2.75, 3.05) is 13.8 Å². The number of benzene rings is 3. The average molecular weight is 376 g/mol. The number of Topliss-reactive ketones (excluding diaryl/α,β-unsaturated/α-hetero) is 1. The summed E-state index contributed by atoms with van der Waals surface area (Å²) in [6.45, 7) is -0.481. The second kappa shape index (κ2) is 8.20. The van der Waals surface area contributed by atoms with Crippen LogP contribution in [-0.4, -0.2) is 30.8 Å². The SMILES string of the molecule is COC(=O)C(C(=O)c1ccccc1)=P(C)(c1ccccc1)c1ccccc1. The van der Waals surface area contributed by atoms with Crippen LogP contribution in [0.2, 0.25) is 0 Å². The van der Waals surface area contributed by atoms with Gasteiger partial charge >= 0.3 is 5.97 Å². The maximum absolute atomic E-state index is 13.4. The van der Waals surface area contributed by atoms with Crippen molar-refractivity contribution in [3.05, 3.63) is 96.6 Å². The maximum Gasteiger partial charge on any atom is 0.342 e. The van der Waals surface area contributed by atoms with Crippen molar-refractivity contribution in [2.45, 2.75) is 0 Å². The smallest absolute Gasteiger partial charge is 0.342 e. The Morgan fingerprint density at radius 2 is 1.11 bits per heavy atom. The van der Waals surface area contributed by atoms with E-state index < -0.39 is 12.9 Å². The van der Waals surface area contributed by atoms with Crippen molar-refractivity contribution < 1.29 is 14.3 Å². The van der Waals surface area contributed by atoms with Crippen LogP contribution < -0.4 is 10.6 Å². The number of esters is 1. The van der Waals surface area contributed by atoms with E-state index >= 15 is 0 Å². The molecule has 0 aliphatic heterocycles. The number of methoxy groups -OCH3 is 1. The topological polar surface area (TPSA) is 43.4 Å². The monoisotopic (exact) mass is 376 g/mol. The Kier molecular flexibility index (Phi) is 5.73. The molecule has 4 heteroatoms. The summed E-state index contributed by atoms with van der Waals surface area (Å²) < 4.78 is 5.08. The third kappa shape index (κ3) is 3.65. The summed E-state index contributed by atoms with van der Waals surface area (Å²) in [7, 11) is 1.32. The predicted octanol–water partition coefficient (Wildman–Crippen LogP) is 3.51. The molecular weight excluding hydrogens is 355 g/mol. The number of carbonyl (C=O) groups is 2. The summed E-state index contributed by atoms with van der Waals surface area (Å²) in [6, 6.07) is 28.4. The molecule has 0 bridgehead atoms. The highest BCUT2D eigenvalue weighted by molar-refractivity contribution is 7.91. The van der Waals surface area contributed by atoms with Crippen molar-refractivity contribution in [3.63, 3.8) is 0 Å². The molecule has 3 rings (SSSR count). The fourth-order valence-electron chi connectivity index (χ4n) is 3.16. The first-order valence-corrected chi connectivity index (χ1v) is 10.9. The molecule has 136 valence electrons. The molecule has 0 N–H and O–H groups in total. The van der Waals surface area contributed by atoms with E-state index in [1.165, 1.54) is 7.11 Å². The van der Waals surface area contributed by atoms with Gasteiger partial charge in [0.1, 0.15) is 5.29 Å². The van der Waals surface area contributed by atoms with Gasteiger partial charge in [0, 0.05) is 5.56 Å². The molecule has 27 heavy (non-hydrogen) atoms. The summed E-state index contributed by atoms with van der Waals surface area (Å²) in [4.78, 5) is 26.3. The molecule has 0 aliphatic rings. The molecule has 0 radical (unpaired) electrons. The molecular formula is C23H21O3P. The van der Waals surface area contributed by atoms with Crippen molar-refractivity contribution in [2.24, 2.45) is 0 Å². The number of ketones is 1. The van der Waals surface area contributed by atoms with E-state index in [-0.39, 0.29) is 11.1 Å². The van der Waals surface area contributed by atoms with Crippen LogP contribution in [0.3, 0.4) is 0 Å². The molecule has 0 saturated heterocycles. The second-order valence-electron chi connectivity index (χ2n) is 6.21.